The number of nitrogens with zero attached hydrogens (tertiary/aromatic N) is 2. The van der Waals surface area contributed by atoms with Crippen LogP contribution in [0.4, 0.5) is 39.3 Å². The van der Waals surface area contributed by atoms with Crippen molar-refractivity contribution in [2.24, 2.45) is 0 Å². The minimum absolute atomic E-state index is 0.114. The topological polar surface area (TPSA) is 49.8 Å². The van der Waals surface area contributed by atoms with E-state index in [9.17, 15) is 22.0 Å². The van der Waals surface area contributed by atoms with Gasteiger partial charge in [-0.2, -0.15) is 13.2 Å². The second kappa shape index (κ2) is 5.51. The van der Waals surface area contributed by atoms with Crippen LogP contribution in [-0.2, 0) is 6.18 Å². The van der Waals surface area contributed by atoms with Gasteiger partial charge in [-0.3, -0.25) is 0 Å². The second-order valence-corrected chi connectivity index (χ2v) is 3.96. The number of alkyl halides is 3. The molecule has 0 aliphatic rings. The smallest absolute Gasteiger partial charge is 0.373 e. The van der Waals surface area contributed by atoms with Crippen LogP contribution in [0.3, 0.4) is 0 Å². The first-order valence-electron chi connectivity index (χ1n) is 5.65. The number of aromatic nitrogens is 2. The molecule has 1 aromatic heterocycles. The lowest BCUT2D eigenvalue weighted by Crippen LogP contribution is -2.13. The summed E-state index contributed by atoms with van der Waals surface area (Å²) in [6.07, 6.45) is -4.76. The van der Waals surface area contributed by atoms with Crippen LogP contribution in [0.2, 0.25) is 0 Å². The number of hydrogen-bond acceptors (Lipinski definition) is 4. The van der Waals surface area contributed by atoms with E-state index in [1.807, 2.05) is 0 Å². The zero-order valence-corrected chi connectivity index (χ0v) is 10.6. The summed E-state index contributed by atoms with van der Waals surface area (Å²) in [5, 5.41) is 4.73. The standard InChI is InChI=1S/C12H9F5N4/c1-18-9-5-10(21-11(20-9)12(15,16)17)19-8-4-6(13)2-3-7(8)14/h2-5H,1H3,(H2,18,19,20,21). The Labute approximate surface area is 116 Å². The van der Waals surface area contributed by atoms with Gasteiger partial charge in [0.1, 0.15) is 23.3 Å². The maximum absolute atomic E-state index is 13.5. The van der Waals surface area contributed by atoms with E-state index < -0.39 is 23.6 Å². The van der Waals surface area contributed by atoms with Crippen molar-refractivity contribution in [3.63, 3.8) is 0 Å². The van der Waals surface area contributed by atoms with E-state index in [1.54, 1.807) is 0 Å². The van der Waals surface area contributed by atoms with Crippen LogP contribution in [0.5, 0.6) is 0 Å². The highest BCUT2D eigenvalue weighted by Crippen LogP contribution is 2.29. The molecule has 21 heavy (non-hydrogen) atoms. The number of benzene rings is 1. The Bertz CT molecular complexity index is 657. The Morgan fingerprint density at radius 3 is 2.29 bits per heavy atom. The summed E-state index contributed by atoms with van der Waals surface area (Å²) in [7, 11) is 1.37. The fraction of sp³-hybridized carbons (Fsp3) is 0.167. The molecule has 0 aliphatic carbocycles. The van der Waals surface area contributed by atoms with E-state index in [1.165, 1.54) is 7.05 Å². The van der Waals surface area contributed by atoms with Gasteiger partial charge < -0.3 is 10.6 Å². The summed E-state index contributed by atoms with van der Waals surface area (Å²) >= 11 is 0. The molecule has 0 bridgehead atoms. The van der Waals surface area contributed by atoms with Crippen molar-refractivity contribution in [2.45, 2.75) is 6.18 Å². The summed E-state index contributed by atoms with van der Waals surface area (Å²) in [4.78, 5) is 6.49. The Morgan fingerprint density at radius 1 is 1.00 bits per heavy atom. The summed E-state index contributed by atoms with van der Waals surface area (Å²) in [5.74, 6) is -3.39. The molecule has 4 nitrogen and oxygen atoms in total. The van der Waals surface area contributed by atoms with Gasteiger partial charge in [-0.1, -0.05) is 0 Å². The molecule has 1 heterocycles. The normalized spacial score (nSPS) is 11.3. The first-order valence-corrected chi connectivity index (χ1v) is 5.65. The second-order valence-electron chi connectivity index (χ2n) is 3.96. The maximum Gasteiger partial charge on any atom is 0.451 e. The molecule has 0 spiro atoms. The van der Waals surface area contributed by atoms with E-state index in [4.69, 9.17) is 0 Å². The van der Waals surface area contributed by atoms with Gasteiger partial charge >= 0.3 is 6.18 Å². The third kappa shape index (κ3) is 3.56. The van der Waals surface area contributed by atoms with Crippen LogP contribution >= 0.6 is 0 Å². The van der Waals surface area contributed by atoms with Gasteiger partial charge in [-0.05, 0) is 12.1 Å². The first kappa shape index (κ1) is 14.9. The first-order chi connectivity index (χ1) is 9.79. The van der Waals surface area contributed by atoms with Crippen molar-refractivity contribution < 1.29 is 22.0 Å². The number of nitrogens with one attached hydrogen (secondary N) is 2. The average Bonchev–Trinajstić information content (AvgIpc) is 2.41. The molecular formula is C12H9F5N4. The molecule has 9 heteroatoms. The lowest BCUT2D eigenvalue weighted by Gasteiger charge is -2.12. The van der Waals surface area contributed by atoms with Gasteiger partial charge in [0.25, 0.3) is 0 Å². The van der Waals surface area contributed by atoms with Crippen LogP contribution in [0, 0.1) is 11.6 Å². The molecule has 2 rings (SSSR count). The number of anilines is 3. The predicted molar refractivity (Wildman–Crippen MR) is 66.2 cm³/mol. The van der Waals surface area contributed by atoms with Gasteiger partial charge in [0, 0.05) is 19.2 Å². The largest absolute Gasteiger partial charge is 0.451 e. The number of hydrogen-bond donors (Lipinski definition) is 2. The van der Waals surface area contributed by atoms with Crippen LogP contribution in [0.1, 0.15) is 5.82 Å². The van der Waals surface area contributed by atoms with E-state index >= 15 is 0 Å². The number of rotatable bonds is 3. The highest BCUT2D eigenvalue weighted by atomic mass is 19.4. The van der Waals surface area contributed by atoms with Gasteiger partial charge in [-0.25, -0.2) is 18.7 Å². The van der Waals surface area contributed by atoms with Gasteiger partial charge in [-0.15, -0.1) is 0 Å². The van der Waals surface area contributed by atoms with Gasteiger partial charge in [0.2, 0.25) is 5.82 Å². The van der Waals surface area contributed by atoms with E-state index in [0.717, 1.165) is 24.3 Å². The van der Waals surface area contributed by atoms with Crippen molar-refractivity contribution in [3.8, 4) is 0 Å². The van der Waals surface area contributed by atoms with Crippen molar-refractivity contribution in [2.75, 3.05) is 17.7 Å². The third-order valence-corrected chi connectivity index (χ3v) is 2.43. The molecule has 1 aromatic carbocycles. The Balaban J connectivity index is 2.42. The Hall–Kier alpha value is -2.45. The van der Waals surface area contributed by atoms with Gasteiger partial charge in [0.15, 0.2) is 0 Å². The molecule has 0 fully saturated rings. The monoisotopic (exact) mass is 304 g/mol. The zero-order valence-electron chi connectivity index (χ0n) is 10.6. The molecular weight excluding hydrogens is 295 g/mol. The molecule has 0 atom stereocenters. The zero-order chi connectivity index (χ0) is 15.6. The summed E-state index contributed by atoms with van der Waals surface area (Å²) in [6, 6.07) is 3.69. The third-order valence-electron chi connectivity index (χ3n) is 2.43. The van der Waals surface area contributed by atoms with Crippen LogP contribution in [0.25, 0.3) is 0 Å². The maximum atomic E-state index is 13.5. The highest BCUT2D eigenvalue weighted by Gasteiger charge is 2.35. The molecule has 2 N–H and O–H groups in total. The van der Waals surface area contributed by atoms with E-state index in [-0.39, 0.29) is 17.3 Å². The van der Waals surface area contributed by atoms with Crippen molar-refractivity contribution >= 4 is 17.3 Å². The molecule has 0 saturated heterocycles. The molecule has 2 aromatic rings. The average molecular weight is 304 g/mol. The highest BCUT2D eigenvalue weighted by molar-refractivity contribution is 5.59. The summed E-state index contributed by atoms with van der Waals surface area (Å²) < 4.78 is 64.4. The predicted octanol–water partition coefficient (Wildman–Crippen LogP) is 3.56. The quantitative estimate of drug-likeness (QED) is 0.851. The molecule has 0 radical (unpaired) electrons. The molecule has 0 saturated carbocycles. The molecule has 0 aliphatic heterocycles. The Morgan fingerprint density at radius 2 is 1.67 bits per heavy atom. The van der Waals surface area contributed by atoms with Crippen molar-refractivity contribution in [1.29, 1.82) is 0 Å². The number of halogens is 5. The van der Waals surface area contributed by atoms with Crippen LogP contribution in [-0.4, -0.2) is 17.0 Å². The molecule has 0 unspecified atom stereocenters. The molecule has 112 valence electrons. The minimum Gasteiger partial charge on any atom is -0.373 e. The van der Waals surface area contributed by atoms with E-state index in [2.05, 4.69) is 20.6 Å². The Kier molecular flexibility index (Phi) is 3.92. The fourth-order valence-electron chi connectivity index (χ4n) is 1.50. The summed E-state index contributed by atoms with van der Waals surface area (Å²) in [5.41, 5.74) is -0.330. The van der Waals surface area contributed by atoms with Gasteiger partial charge in [0.05, 0.1) is 5.69 Å². The lowest BCUT2D eigenvalue weighted by atomic mass is 10.3. The minimum atomic E-state index is -4.76. The molecule has 0 amide bonds. The fourth-order valence-corrected chi connectivity index (χ4v) is 1.50. The SMILES string of the molecule is CNc1cc(Nc2cc(F)ccc2F)nc(C(F)(F)F)n1. The van der Waals surface area contributed by atoms with Crippen molar-refractivity contribution in [3.05, 3.63) is 41.7 Å². The van der Waals surface area contributed by atoms with E-state index in [0.29, 0.717) is 0 Å². The van der Waals surface area contributed by atoms with Crippen molar-refractivity contribution in [1.82, 2.24) is 9.97 Å². The van der Waals surface area contributed by atoms with Crippen LogP contribution < -0.4 is 10.6 Å². The van der Waals surface area contributed by atoms with Crippen LogP contribution in [0.15, 0.2) is 24.3 Å². The lowest BCUT2D eigenvalue weighted by molar-refractivity contribution is -0.144. The summed E-state index contributed by atoms with van der Waals surface area (Å²) in [6.45, 7) is 0.